The van der Waals surface area contributed by atoms with Crippen molar-refractivity contribution in [1.82, 2.24) is 4.98 Å². The molecule has 1 heterocycles. The Hall–Kier alpha value is -2.76. The Balaban J connectivity index is 2.42. The van der Waals surface area contributed by atoms with Gasteiger partial charge >= 0.3 is 5.97 Å². The average Bonchev–Trinajstić information content (AvgIpc) is 2.46. The molecule has 0 spiro atoms. The minimum absolute atomic E-state index is 0.0994. The highest BCUT2D eigenvalue weighted by Crippen LogP contribution is 2.29. The van der Waals surface area contributed by atoms with Gasteiger partial charge in [0.25, 0.3) is 0 Å². The number of nitrogens with zero attached hydrogens (tertiary/aromatic N) is 1. The number of carboxylic acids is 1. The Bertz CT molecular complexity index is 648. The van der Waals surface area contributed by atoms with E-state index in [2.05, 4.69) is 10.3 Å². The molecule has 1 aromatic carbocycles. The Kier molecular flexibility index (Phi) is 4.27. The maximum atomic E-state index is 11.2. The van der Waals surface area contributed by atoms with Crippen molar-refractivity contribution < 1.29 is 19.4 Å². The zero-order valence-corrected chi connectivity index (χ0v) is 12.0. The molecule has 6 heteroatoms. The van der Waals surface area contributed by atoms with Gasteiger partial charge in [0.1, 0.15) is 17.1 Å². The van der Waals surface area contributed by atoms with Crippen molar-refractivity contribution in [2.45, 2.75) is 6.92 Å². The first-order chi connectivity index (χ1) is 10.0. The summed E-state index contributed by atoms with van der Waals surface area (Å²) in [6.07, 6.45) is 1.33. The second kappa shape index (κ2) is 6.13. The van der Waals surface area contributed by atoms with Crippen LogP contribution in [-0.2, 0) is 0 Å². The molecule has 0 unspecified atom stereocenters. The lowest BCUT2D eigenvalue weighted by atomic mass is 10.2. The molecule has 0 aliphatic heterocycles. The van der Waals surface area contributed by atoms with Crippen LogP contribution in [0.4, 0.5) is 11.4 Å². The first kappa shape index (κ1) is 14.6. The number of hydrogen-bond donors (Lipinski definition) is 2. The van der Waals surface area contributed by atoms with E-state index in [0.29, 0.717) is 22.9 Å². The van der Waals surface area contributed by atoms with E-state index in [0.717, 1.165) is 5.69 Å². The van der Waals surface area contributed by atoms with Gasteiger partial charge in [0.05, 0.1) is 19.9 Å². The third-order valence-corrected chi connectivity index (χ3v) is 2.90. The van der Waals surface area contributed by atoms with Gasteiger partial charge in [-0.2, -0.15) is 0 Å². The molecular weight excluding hydrogens is 272 g/mol. The van der Waals surface area contributed by atoms with E-state index in [4.69, 9.17) is 9.47 Å². The van der Waals surface area contributed by atoms with Crippen LogP contribution in [0, 0.1) is 6.92 Å². The van der Waals surface area contributed by atoms with Gasteiger partial charge in [-0.15, -0.1) is 0 Å². The SMILES string of the molecule is COc1cc(Nc2cc(C)ncc2C(=O)O)cc(OC)c1. The molecule has 0 aliphatic rings. The summed E-state index contributed by atoms with van der Waals surface area (Å²) in [4.78, 5) is 15.2. The molecule has 0 fully saturated rings. The lowest BCUT2D eigenvalue weighted by Crippen LogP contribution is -2.04. The van der Waals surface area contributed by atoms with Gasteiger partial charge in [-0.05, 0) is 13.0 Å². The number of aromatic carboxylic acids is 1. The van der Waals surface area contributed by atoms with Gasteiger partial charge in [0, 0.05) is 35.8 Å². The van der Waals surface area contributed by atoms with E-state index < -0.39 is 5.97 Å². The Labute approximate surface area is 122 Å². The number of carbonyl (C=O) groups is 1. The number of benzene rings is 1. The van der Waals surface area contributed by atoms with Gasteiger partial charge in [0.15, 0.2) is 0 Å². The molecule has 2 N–H and O–H groups in total. The number of anilines is 2. The summed E-state index contributed by atoms with van der Waals surface area (Å²) in [5.74, 6) is 0.180. The highest BCUT2D eigenvalue weighted by atomic mass is 16.5. The minimum atomic E-state index is -1.04. The normalized spacial score (nSPS) is 10.0. The van der Waals surface area contributed by atoms with Gasteiger partial charge in [-0.3, -0.25) is 4.98 Å². The zero-order chi connectivity index (χ0) is 15.4. The number of ether oxygens (including phenoxy) is 2. The fourth-order valence-corrected chi connectivity index (χ4v) is 1.87. The molecule has 1 aromatic heterocycles. The van der Waals surface area contributed by atoms with Crippen LogP contribution >= 0.6 is 0 Å². The summed E-state index contributed by atoms with van der Waals surface area (Å²) >= 11 is 0. The van der Waals surface area contributed by atoms with Crippen molar-refractivity contribution in [3.8, 4) is 11.5 Å². The molecular formula is C15H16N2O4. The molecule has 2 aromatic rings. The molecule has 0 aliphatic carbocycles. The van der Waals surface area contributed by atoms with Gasteiger partial charge in [0.2, 0.25) is 0 Å². The van der Waals surface area contributed by atoms with E-state index in [9.17, 15) is 9.90 Å². The number of aromatic nitrogens is 1. The highest BCUT2D eigenvalue weighted by molar-refractivity contribution is 5.94. The van der Waals surface area contributed by atoms with Crippen LogP contribution in [0.15, 0.2) is 30.5 Å². The average molecular weight is 288 g/mol. The molecule has 0 bridgehead atoms. The number of hydrogen-bond acceptors (Lipinski definition) is 5. The quantitative estimate of drug-likeness (QED) is 0.880. The molecule has 0 radical (unpaired) electrons. The minimum Gasteiger partial charge on any atom is -0.497 e. The van der Waals surface area contributed by atoms with E-state index in [1.54, 1.807) is 45.4 Å². The van der Waals surface area contributed by atoms with Crippen molar-refractivity contribution in [1.29, 1.82) is 0 Å². The summed E-state index contributed by atoms with van der Waals surface area (Å²) in [6.45, 7) is 1.79. The number of pyridine rings is 1. The monoisotopic (exact) mass is 288 g/mol. The molecule has 110 valence electrons. The predicted molar refractivity (Wildman–Crippen MR) is 78.8 cm³/mol. The lowest BCUT2D eigenvalue weighted by Gasteiger charge is -2.12. The second-order valence-corrected chi connectivity index (χ2v) is 4.40. The van der Waals surface area contributed by atoms with Crippen molar-refractivity contribution in [3.63, 3.8) is 0 Å². The largest absolute Gasteiger partial charge is 0.497 e. The third kappa shape index (κ3) is 3.42. The summed E-state index contributed by atoms with van der Waals surface area (Å²) in [7, 11) is 3.11. The fourth-order valence-electron chi connectivity index (χ4n) is 1.87. The molecule has 21 heavy (non-hydrogen) atoms. The Morgan fingerprint density at radius 2 is 1.76 bits per heavy atom. The first-order valence-electron chi connectivity index (χ1n) is 6.23. The van der Waals surface area contributed by atoms with Crippen molar-refractivity contribution in [2.24, 2.45) is 0 Å². The number of rotatable bonds is 5. The third-order valence-electron chi connectivity index (χ3n) is 2.90. The summed E-state index contributed by atoms with van der Waals surface area (Å²) in [5.41, 5.74) is 1.95. The lowest BCUT2D eigenvalue weighted by molar-refractivity contribution is 0.0697. The maximum Gasteiger partial charge on any atom is 0.339 e. The summed E-state index contributed by atoms with van der Waals surface area (Å²) in [5, 5.41) is 12.3. The molecule has 0 amide bonds. The van der Waals surface area contributed by atoms with E-state index >= 15 is 0 Å². The van der Waals surface area contributed by atoms with Crippen molar-refractivity contribution >= 4 is 17.3 Å². The number of methoxy groups -OCH3 is 2. The summed E-state index contributed by atoms with van der Waals surface area (Å²) in [6, 6.07) is 6.92. The topological polar surface area (TPSA) is 80.7 Å². The number of aryl methyl sites for hydroxylation is 1. The van der Waals surface area contributed by atoms with Gasteiger partial charge in [-0.25, -0.2) is 4.79 Å². The standard InChI is InChI=1S/C15H16N2O4/c1-9-4-14(13(8-16-9)15(18)19)17-10-5-11(20-2)7-12(6-10)21-3/h4-8H,1-3H3,(H,16,17)(H,18,19). The Morgan fingerprint density at radius 3 is 2.29 bits per heavy atom. The van der Waals surface area contributed by atoms with Crippen LogP contribution in [0.1, 0.15) is 16.1 Å². The molecule has 2 rings (SSSR count). The highest BCUT2D eigenvalue weighted by Gasteiger charge is 2.12. The number of carboxylic acid groups (broad SMARTS) is 1. The van der Waals surface area contributed by atoms with Crippen molar-refractivity contribution in [2.75, 3.05) is 19.5 Å². The van der Waals surface area contributed by atoms with E-state index in [1.807, 2.05) is 0 Å². The predicted octanol–water partition coefficient (Wildman–Crippen LogP) is 2.85. The van der Waals surface area contributed by atoms with Crippen LogP contribution in [0.25, 0.3) is 0 Å². The van der Waals surface area contributed by atoms with E-state index in [1.165, 1.54) is 6.20 Å². The van der Waals surface area contributed by atoms with E-state index in [-0.39, 0.29) is 5.56 Å². The first-order valence-corrected chi connectivity index (χ1v) is 6.23. The molecule has 0 saturated carbocycles. The van der Waals surface area contributed by atoms with Gasteiger partial charge < -0.3 is 19.9 Å². The van der Waals surface area contributed by atoms with Crippen LogP contribution in [0.3, 0.4) is 0 Å². The maximum absolute atomic E-state index is 11.2. The smallest absolute Gasteiger partial charge is 0.339 e. The van der Waals surface area contributed by atoms with Crippen molar-refractivity contribution in [3.05, 3.63) is 41.7 Å². The fraction of sp³-hybridized carbons (Fsp3) is 0.200. The second-order valence-electron chi connectivity index (χ2n) is 4.40. The van der Waals surface area contributed by atoms with Crippen LogP contribution in [0.5, 0.6) is 11.5 Å². The summed E-state index contributed by atoms with van der Waals surface area (Å²) < 4.78 is 10.4. The van der Waals surface area contributed by atoms with Crippen LogP contribution in [0.2, 0.25) is 0 Å². The molecule has 0 atom stereocenters. The zero-order valence-electron chi connectivity index (χ0n) is 12.0. The van der Waals surface area contributed by atoms with Crippen LogP contribution in [-0.4, -0.2) is 30.3 Å². The molecule has 6 nitrogen and oxygen atoms in total. The van der Waals surface area contributed by atoms with Gasteiger partial charge in [-0.1, -0.05) is 0 Å². The van der Waals surface area contributed by atoms with Crippen LogP contribution < -0.4 is 14.8 Å². The number of nitrogens with one attached hydrogen (secondary N) is 1. The molecule has 0 saturated heterocycles. The Morgan fingerprint density at radius 1 is 1.14 bits per heavy atom.